The number of hydrogen-bond donors (Lipinski definition) is 2. The molecule has 0 heterocycles. The first kappa shape index (κ1) is 14.5. The van der Waals surface area contributed by atoms with Crippen molar-refractivity contribution in [3.63, 3.8) is 0 Å². The Morgan fingerprint density at radius 3 is 2.89 bits per heavy atom. The zero-order valence-electron chi connectivity index (χ0n) is 10.9. The number of para-hydroxylation sites is 1. The predicted molar refractivity (Wildman–Crippen MR) is 70.9 cm³/mol. The van der Waals surface area contributed by atoms with Crippen LogP contribution in [-0.4, -0.2) is 31.5 Å². The van der Waals surface area contributed by atoms with Crippen LogP contribution in [0.3, 0.4) is 0 Å². The highest BCUT2D eigenvalue weighted by Crippen LogP contribution is 2.30. The normalized spacial score (nSPS) is 10.1. The van der Waals surface area contributed by atoms with Crippen LogP contribution in [0.5, 0.6) is 11.5 Å². The minimum absolute atomic E-state index is 0.175. The maximum Gasteiger partial charge on any atom is 0.170 e. The van der Waals surface area contributed by atoms with Crippen LogP contribution in [0.1, 0.15) is 12.5 Å². The lowest BCUT2D eigenvalue weighted by atomic mass is 10.2. The zero-order valence-corrected chi connectivity index (χ0v) is 10.9. The van der Waals surface area contributed by atoms with E-state index in [0.29, 0.717) is 19.8 Å². The largest absolute Gasteiger partial charge is 0.490 e. The summed E-state index contributed by atoms with van der Waals surface area (Å²) in [5, 5.41) is 10.8. The molecule has 100 valence electrons. The van der Waals surface area contributed by atoms with Crippen molar-refractivity contribution in [3.05, 3.63) is 36.4 Å². The molecule has 0 radical (unpaired) electrons. The first-order valence-electron chi connectivity index (χ1n) is 6.24. The van der Waals surface area contributed by atoms with Gasteiger partial charge in [-0.1, -0.05) is 18.7 Å². The Morgan fingerprint density at radius 2 is 2.22 bits per heavy atom. The topological polar surface area (TPSA) is 55.3 Å². The Labute approximate surface area is 108 Å². The summed E-state index contributed by atoms with van der Waals surface area (Å²) in [6.07, 6.45) is 1.71. The lowest BCUT2D eigenvalue weighted by Crippen LogP contribution is -2.83. The molecule has 0 spiro atoms. The number of nitrogens with two attached hydrogens (primary N) is 1. The molecule has 4 nitrogen and oxygen atoms in total. The summed E-state index contributed by atoms with van der Waals surface area (Å²) in [5.74, 6) is 1.53. The third-order valence-electron chi connectivity index (χ3n) is 2.40. The van der Waals surface area contributed by atoms with Gasteiger partial charge >= 0.3 is 0 Å². The molecule has 0 saturated carbocycles. The van der Waals surface area contributed by atoms with Crippen molar-refractivity contribution in [2.75, 3.05) is 26.4 Å². The van der Waals surface area contributed by atoms with E-state index >= 15 is 0 Å². The number of benzene rings is 1. The monoisotopic (exact) mass is 252 g/mol. The molecule has 0 aliphatic rings. The molecule has 0 unspecified atom stereocenters. The van der Waals surface area contributed by atoms with E-state index in [0.717, 1.165) is 23.6 Å². The van der Waals surface area contributed by atoms with Crippen molar-refractivity contribution in [3.8, 4) is 11.5 Å². The van der Waals surface area contributed by atoms with Crippen molar-refractivity contribution in [1.29, 1.82) is 0 Å². The van der Waals surface area contributed by atoms with Crippen LogP contribution in [0.2, 0.25) is 0 Å². The molecule has 0 aromatic heterocycles. The summed E-state index contributed by atoms with van der Waals surface area (Å²) in [6, 6.07) is 5.86. The lowest BCUT2D eigenvalue weighted by molar-refractivity contribution is -0.671. The molecule has 0 saturated heterocycles. The molecule has 0 bridgehead atoms. The van der Waals surface area contributed by atoms with Gasteiger partial charge in [-0.2, -0.15) is 0 Å². The van der Waals surface area contributed by atoms with E-state index < -0.39 is 0 Å². The second-order valence-corrected chi connectivity index (χ2v) is 3.78. The van der Waals surface area contributed by atoms with E-state index in [9.17, 15) is 0 Å². The minimum Gasteiger partial charge on any atom is -0.490 e. The minimum atomic E-state index is 0.175. The van der Waals surface area contributed by atoms with Gasteiger partial charge in [-0.05, 0) is 19.1 Å². The van der Waals surface area contributed by atoms with E-state index in [1.807, 2.05) is 30.4 Å². The number of rotatable bonds is 9. The van der Waals surface area contributed by atoms with Crippen LogP contribution in [-0.2, 0) is 6.54 Å². The quantitative estimate of drug-likeness (QED) is 0.502. The van der Waals surface area contributed by atoms with Gasteiger partial charge in [0.15, 0.2) is 11.5 Å². The second-order valence-electron chi connectivity index (χ2n) is 3.78. The predicted octanol–water partition coefficient (Wildman–Crippen LogP) is 0.706. The maximum absolute atomic E-state index is 8.79. The van der Waals surface area contributed by atoms with Crippen molar-refractivity contribution in [2.45, 2.75) is 13.5 Å². The molecular formula is C14H22NO3+. The van der Waals surface area contributed by atoms with Gasteiger partial charge in [0.2, 0.25) is 0 Å². The first-order valence-corrected chi connectivity index (χ1v) is 6.24. The second kappa shape index (κ2) is 8.55. The van der Waals surface area contributed by atoms with Gasteiger partial charge in [0.1, 0.15) is 13.2 Å². The fourth-order valence-electron chi connectivity index (χ4n) is 1.65. The van der Waals surface area contributed by atoms with E-state index in [4.69, 9.17) is 14.6 Å². The highest BCUT2D eigenvalue weighted by Gasteiger charge is 2.11. The van der Waals surface area contributed by atoms with Gasteiger partial charge in [0.25, 0.3) is 0 Å². The fourth-order valence-corrected chi connectivity index (χ4v) is 1.65. The summed E-state index contributed by atoms with van der Waals surface area (Å²) in [4.78, 5) is 0. The molecule has 0 aliphatic heterocycles. The van der Waals surface area contributed by atoms with Gasteiger partial charge in [-0.25, -0.2) is 0 Å². The van der Waals surface area contributed by atoms with E-state index in [1.54, 1.807) is 6.08 Å². The first-order chi connectivity index (χ1) is 8.83. The smallest absolute Gasteiger partial charge is 0.170 e. The van der Waals surface area contributed by atoms with Crippen molar-refractivity contribution in [2.24, 2.45) is 0 Å². The molecular weight excluding hydrogens is 230 g/mol. The average Bonchev–Trinajstić information content (AvgIpc) is 2.38. The SMILES string of the molecule is C=CCOc1c(C[NH2+]CCO)cccc1OCC. The van der Waals surface area contributed by atoms with Gasteiger partial charge in [-0.3, -0.25) is 0 Å². The number of aliphatic hydroxyl groups excluding tert-OH is 1. The average molecular weight is 252 g/mol. The Hall–Kier alpha value is -1.52. The molecule has 0 amide bonds. The Morgan fingerprint density at radius 1 is 1.39 bits per heavy atom. The third-order valence-corrected chi connectivity index (χ3v) is 2.40. The molecule has 1 rings (SSSR count). The van der Waals surface area contributed by atoms with Crippen molar-refractivity contribution >= 4 is 0 Å². The number of aliphatic hydroxyl groups is 1. The fraction of sp³-hybridized carbons (Fsp3) is 0.429. The van der Waals surface area contributed by atoms with E-state index in [-0.39, 0.29) is 6.61 Å². The number of hydrogen-bond acceptors (Lipinski definition) is 3. The summed E-state index contributed by atoms with van der Waals surface area (Å²) in [5.41, 5.74) is 1.07. The Bertz CT molecular complexity index is 366. The maximum atomic E-state index is 8.79. The molecule has 3 N–H and O–H groups in total. The summed E-state index contributed by atoms with van der Waals surface area (Å²) in [6.45, 7) is 8.27. The molecule has 4 heteroatoms. The standard InChI is InChI=1S/C14H21NO3/c1-3-10-18-14-12(11-15-8-9-16)6-5-7-13(14)17-4-2/h3,5-7,15-16H,1,4,8-11H2,2H3/p+1. The van der Waals surface area contributed by atoms with Crippen molar-refractivity contribution < 1.29 is 19.9 Å². The zero-order chi connectivity index (χ0) is 13.2. The van der Waals surface area contributed by atoms with Gasteiger partial charge in [0, 0.05) is 0 Å². The molecule has 1 aromatic rings. The van der Waals surface area contributed by atoms with Gasteiger partial charge < -0.3 is 19.9 Å². The number of quaternary nitrogens is 1. The van der Waals surface area contributed by atoms with Crippen LogP contribution in [0.25, 0.3) is 0 Å². The number of ether oxygens (including phenoxy) is 2. The molecule has 0 fully saturated rings. The Kier molecular flexibility index (Phi) is 6.91. The van der Waals surface area contributed by atoms with Gasteiger partial charge in [0.05, 0.1) is 25.3 Å². The van der Waals surface area contributed by atoms with Crippen molar-refractivity contribution in [1.82, 2.24) is 0 Å². The van der Waals surface area contributed by atoms with E-state index in [2.05, 4.69) is 6.58 Å². The molecule has 1 aromatic carbocycles. The van der Waals surface area contributed by atoms with Crippen LogP contribution >= 0.6 is 0 Å². The highest BCUT2D eigenvalue weighted by atomic mass is 16.5. The van der Waals surface area contributed by atoms with Gasteiger partial charge in [-0.15, -0.1) is 0 Å². The Balaban J connectivity index is 2.83. The van der Waals surface area contributed by atoms with Crippen LogP contribution in [0.4, 0.5) is 0 Å². The van der Waals surface area contributed by atoms with Crippen LogP contribution in [0.15, 0.2) is 30.9 Å². The summed E-state index contributed by atoms with van der Waals surface area (Å²) >= 11 is 0. The summed E-state index contributed by atoms with van der Waals surface area (Å²) < 4.78 is 11.2. The lowest BCUT2D eigenvalue weighted by Gasteiger charge is -2.14. The highest BCUT2D eigenvalue weighted by molar-refractivity contribution is 5.46. The van der Waals surface area contributed by atoms with Crippen LogP contribution in [0, 0.1) is 0 Å². The van der Waals surface area contributed by atoms with Crippen LogP contribution < -0.4 is 14.8 Å². The molecule has 0 atom stereocenters. The molecule has 0 aliphatic carbocycles. The summed E-state index contributed by atoms with van der Waals surface area (Å²) in [7, 11) is 0. The molecule has 18 heavy (non-hydrogen) atoms. The van der Waals surface area contributed by atoms with E-state index in [1.165, 1.54) is 0 Å². The third kappa shape index (κ3) is 4.39.